The Balaban J connectivity index is 1.70. The van der Waals surface area contributed by atoms with Crippen LogP contribution < -0.4 is 10.1 Å². The number of nitrogens with one attached hydrogen (secondary N) is 1. The fourth-order valence-electron chi connectivity index (χ4n) is 3.37. The van der Waals surface area contributed by atoms with E-state index in [1.165, 1.54) is 5.56 Å². The van der Waals surface area contributed by atoms with E-state index in [0.29, 0.717) is 29.2 Å². The van der Waals surface area contributed by atoms with Crippen LogP contribution in [0.4, 0.5) is 18.9 Å². The van der Waals surface area contributed by atoms with Gasteiger partial charge in [-0.25, -0.2) is 13.2 Å². The zero-order valence-electron chi connectivity index (χ0n) is 20.3. The molecule has 0 aliphatic rings. The van der Waals surface area contributed by atoms with E-state index in [1.807, 2.05) is 49.6 Å². The molecule has 0 saturated heterocycles. The van der Waals surface area contributed by atoms with E-state index in [4.69, 9.17) is 4.74 Å². The molecule has 0 aliphatic carbocycles. The summed E-state index contributed by atoms with van der Waals surface area (Å²) >= 11 is 1.11. The second kappa shape index (κ2) is 11.6. The van der Waals surface area contributed by atoms with Gasteiger partial charge in [-0.3, -0.25) is 4.79 Å². The second-order valence-corrected chi connectivity index (χ2v) is 9.83. The quantitative estimate of drug-likeness (QED) is 0.257. The maximum Gasteiger partial charge on any atom is 0.234 e. The second-order valence-electron chi connectivity index (χ2n) is 8.89. The number of amides is 1. The molecule has 1 atom stereocenters. The molecular formula is C25H29F3N4O2S. The van der Waals surface area contributed by atoms with E-state index >= 15 is 0 Å². The number of carbonyl (C=O) groups excluding carboxylic acids is 1. The molecule has 0 aliphatic heterocycles. The first kappa shape index (κ1) is 26.6. The first-order valence-electron chi connectivity index (χ1n) is 11.3. The average Bonchev–Trinajstić information content (AvgIpc) is 3.20. The number of nitrogens with zero attached hydrogens (tertiary/aromatic N) is 3. The SMILES string of the molecule is CC(C)Cn1c(SCC(=O)Nc2ccc(F)c(F)c2F)nnc1C(C)Oc1ccc(C(C)C)cc1. The van der Waals surface area contributed by atoms with Crippen LogP contribution in [0.25, 0.3) is 0 Å². The van der Waals surface area contributed by atoms with Crippen molar-refractivity contribution in [3.05, 3.63) is 65.2 Å². The number of thioether (sulfide) groups is 1. The van der Waals surface area contributed by atoms with E-state index in [1.54, 1.807) is 0 Å². The largest absolute Gasteiger partial charge is 0.483 e. The van der Waals surface area contributed by atoms with E-state index in [-0.39, 0.29) is 11.7 Å². The van der Waals surface area contributed by atoms with Crippen molar-refractivity contribution >= 4 is 23.4 Å². The van der Waals surface area contributed by atoms with E-state index in [2.05, 4.69) is 29.4 Å². The molecule has 10 heteroatoms. The minimum atomic E-state index is -1.63. The van der Waals surface area contributed by atoms with E-state index < -0.39 is 35.2 Å². The minimum absolute atomic E-state index is 0.124. The summed E-state index contributed by atoms with van der Waals surface area (Å²) in [4.78, 5) is 12.3. The maximum atomic E-state index is 13.8. The number of hydrogen-bond acceptors (Lipinski definition) is 5. The molecule has 6 nitrogen and oxygen atoms in total. The van der Waals surface area contributed by atoms with Crippen LogP contribution in [0.3, 0.4) is 0 Å². The predicted molar refractivity (Wildman–Crippen MR) is 130 cm³/mol. The zero-order valence-corrected chi connectivity index (χ0v) is 21.1. The fourth-order valence-corrected chi connectivity index (χ4v) is 4.13. The first-order chi connectivity index (χ1) is 16.6. The Morgan fingerprint density at radius 2 is 1.69 bits per heavy atom. The summed E-state index contributed by atoms with van der Waals surface area (Å²) in [6, 6.07) is 9.63. The molecule has 1 aromatic heterocycles. The van der Waals surface area contributed by atoms with Gasteiger partial charge in [-0.2, -0.15) is 0 Å². The van der Waals surface area contributed by atoms with Crippen LogP contribution >= 0.6 is 11.8 Å². The Morgan fingerprint density at radius 3 is 2.31 bits per heavy atom. The molecule has 1 N–H and O–H groups in total. The molecule has 1 heterocycles. The first-order valence-corrected chi connectivity index (χ1v) is 12.3. The maximum absolute atomic E-state index is 13.8. The van der Waals surface area contributed by atoms with Gasteiger partial charge < -0.3 is 14.6 Å². The highest BCUT2D eigenvalue weighted by molar-refractivity contribution is 7.99. The summed E-state index contributed by atoms with van der Waals surface area (Å²) in [6.07, 6.45) is -0.398. The lowest BCUT2D eigenvalue weighted by Gasteiger charge is -2.18. The average molecular weight is 507 g/mol. The summed E-state index contributed by atoms with van der Waals surface area (Å²) in [7, 11) is 0. The number of halogens is 3. The van der Waals surface area contributed by atoms with Crippen molar-refractivity contribution < 1.29 is 22.7 Å². The highest BCUT2D eigenvalue weighted by Crippen LogP contribution is 2.27. The third-order valence-electron chi connectivity index (χ3n) is 5.16. The van der Waals surface area contributed by atoms with Gasteiger partial charge >= 0.3 is 0 Å². The van der Waals surface area contributed by atoms with Crippen LogP contribution in [0.2, 0.25) is 0 Å². The summed E-state index contributed by atoms with van der Waals surface area (Å²) in [5.74, 6) is -3.10. The number of hydrogen-bond donors (Lipinski definition) is 1. The summed E-state index contributed by atoms with van der Waals surface area (Å²) < 4.78 is 48.4. The lowest BCUT2D eigenvalue weighted by Crippen LogP contribution is -2.18. The van der Waals surface area contributed by atoms with Gasteiger partial charge in [0.05, 0.1) is 11.4 Å². The molecule has 0 fully saturated rings. The highest BCUT2D eigenvalue weighted by Gasteiger charge is 2.22. The van der Waals surface area contributed by atoms with Gasteiger partial charge in [-0.15, -0.1) is 10.2 Å². The lowest BCUT2D eigenvalue weighted by molar-refractivity contribution is -0.113. The summed E-state index contributed by atoms with van der Waals surface area (Å²) in [5.41, 5.74) is 0.789. The molecule has 188 valence electrons. The Kier molecular flexibility index (Phi) is 8.82. The van der Waals surface area contributed by atoms with Crippen LogP contribution in [0.5, 0.6) is 5.75 Å². The molecule has 35 heavy (non-hydrogen) atoms. The normalized spacial score (nSPS) is 12.3. The number of ether oxygens (including phenoxy) is 1. The van der Waals surface area contributed by atoms with Gasteiger partial charge in [-0.1, -0.05) is 51.6 Å². The summed E-state index contributed by atoms with van der Waals surface area (Å²) in [6.45, 7) is 10.8. The molecule has 3 rings (SSSR count). The van der Waals surface area contributed by atoms with Gasteiger partial charge in [0, 0.05) is 6.54 Å². The van der Waals surface area contributed by atoms with Crippen LogP contribution in [-0.2, 0) is 11.3 Å². The molecule has 1 unspecified atom stereocenters. The minimum Gasteiger partial charge on any atom is -0.483 e. The molecular weight excluding hydrogens is 477 g/mol. The molecule has 2 aromatic carbocycles. The smallest absolute Gasteiger partial charge is 0.234 e. The van der Waals surface area contributed by atoms with Crippen molar-refractivity contribution in [1.82, 2.24) is 14.8 Å². The molecule has 0 saturated carbocycles. The number of aromatic nitrogens is 3. The topological polar surface area (TPSA) is 69.0 Å². The third-order valence-corrected chi connectivity index (χ3v) is 6.12. The van der Waals surface area contributed by atoms with E-state index in [9.17, 15) is 18.0 Å². The van der Waals surface area contributed by atoms with Crippen molar-refractivity contribution in [2.45, 2.75) is 58.3 Å². The Hall–Kier alpha value is -3.01. The molecule has 0 spiro atoms. The van der Waals surface area contributed by atoms with E-state index in [0.717, 1.165) is 23.9 Å². The van der Waals surface area contributed by atoms with Crippen molar-refractivity contribution in [2.24, 2.45) is 5.92 Å². The molecule has 0 radical (unpaired) electrons. The van der Waals surface area contributed by atoms with Crippen LogP contribution in [0, 0.1) is 23.4 Å². The van der Waals surface area contributed by atoms with Crippen LogP contribution in [0.15, 0.2) is 41.6 Å². The zero-order chi connectivity index (χ0) is 25.7. The van der Waals surface area contributed by atoms with Crippen molar-refractivity contribution in [1.29, 1.82) is 0 Å². The third kappa shape index (κ3) is 6.78. The predicted octanol–water partition coefficient (Wildman–Crippen LogP) is 6.35. The van der Waals surface area contributed by atoms with Gasteiger partial charge in [0.15, 0.2) is 34.5 Å². The number of benzene rings is 2. The van der Waals surface area contributed by atoms with Gasteiger partial charge in [0.1, 0.15) is 5.75 Å². The lowest BCUT2D eigenvalue weighted by atomic mass is 10.0. The molecule has 0 bridgehead atoms. The molecule has 3 aromatic rings. The van der Waals surface area contributed by atoms with Crippen LogP contribution in [0.1, 0.15) is 58.0 Å². The van der Waals surface area contributed by atoms with Gasteiger partial charge in [-0.05, 0) is 48.6 Å². The van der Waals surface area contributed by atoms with Crippen LogP contribution in [-0.4, -0.2) is 26.4 Å². The Morgan fingerprint density at radius 1 is 1.00 bits per heavy atom. The fraction of sp³-hybridized carbons (Fsp3) is 0.400. The Labute approximate surface area is 207 Å². The Bertz CT molecular complexity index is 1170. The van der Waals surface area contributed by atoms with Crippen molar-refractivity contribution in [2.75, 3.05) is 11.1 Å². The number of anilines is 1. The van der Waals surface area contributed by atoms with Gasteiger partial charge in [0.25, 0.3) is 0 Å². The number of rotatable bonds is 10. The van der Waals surface area contributed by atoms with Crippen molar-refractivity contribution in [3.63, 3.8) is 0 Å². The molecule has 1 amide bonds. The number of carbonyl (C=O) groups is 1. The van der Waals surface area contributed by atoms with Crippen molar-refractivity contribution in [3.8, 4) is 5.75 Å². The monoisotopic (exact) mass is 506 g/mol. The van der Waals surface area contributed by atoms with Gasteiger partial charge in [0.2, 0.25) is 5.91 Å². The standard InChI is InChI=1S/C25H29F3N4O2S/c1-14(2)12-32-24(16(5)34-18-8-6-17(7-9-18)15(3)4)30-31-25(32)35-13-21(33)29-20-11-10-19(26)22(27)23(20)28/h6-11,14-16H,12-13H2,1-5H3,(H,29,33). The summed E-state index contributed by atoms with van der Waals surface area (Å²) in [5, 5.41) is 11.3. The highest BCUT2D eigenvalue weighted by atomic mass is 32.2.